The smallest absolute Gasteiger partial charge is 0.262 e. The molecule has 0 spiro atoms. The first-order valence-electron chi connectivity index (χ1n) is 27.4. The number of rotatable bonds is 10. The normalized spacial score (nSPS) is 12.7. The van der Waals surface area contributed by atoms with Crippen LogP contribution in [0, 0.1) is 0 Å². The summed E-state index contributed by atoms with van der Waals surface area (Å²) in [5.74, 6) is 3.91. The highest BCUT2D eigenvalue weighted by Gasteiger charge is 2.47. The van der Waals surface area contributed by atoms with Crippen LogP contribution in [-0.4, -0.2) is 18.4 Å². The highest BCUT2D eigenvalue weighted by molar-refractivity contribution is 7.01. The summed E-state index contributed by atoms with van der Waals surface area (Å²) in [7, 11) is 0. The van der Waals surface area contributed by atoms with Gasteiger partial charge in [-0.05, 0) is 137 Å². The van der Waals surface area contributed by atoms with Crippen molar-refractivity contribution in [3.8, 4) is 34.8 Å². The number of para-hydroxylation sites is 8. The number of hydrogen-bond donors (Lipinski definition) is 0. The van der Waals surface area contributed by atoms with Gasteiger partial charge in [0.15, 0.2) is 0 Å². The minimum absolute atomic E-state index is 0.262. The molecule has 8 nitrogen and oxygen atoms in total. The fraction of sp³-hybridized carbons (Fsp3) is 0. The van der Waals surface area contributed by atoms with Gasteiger partial charge in [0, 0.05) is 80.5 Å². The average Bonchev–Trinajstić information content (AvgIpc) is 3.02. The second-order valence-electron chi connectivity index (χ2n) is 20.7. The van der Waals surface area contributed by atoms with E-state index in [0.717, 1.165) is 113 Å². The Balaban J connectivity index is 0.936. The topological polar surface area (TPSA) is 53.5 Å². The van der Waals surface area contributed by atoms with Crippen molar-refractivity contribution < 1.29 is 14.2 Å². The van der Waals surface area contributed by atoms with E-state index in [2.05, 4.69) is 287 Å². The molecule has 0 atom stereocenters. The molecule has 0 aliphatic carbocycles. The number of fused-ring (bicyclic) bond motifs is 8. The predicted molar refractivity (Wildman–Crippen MR) is 332 cm³/mol. The molecular weight excluding hydrogens is 992 g/mol. The summed E-state index contributed by atoms with van der Waals surface area (Å²) >= 11 is 0. The second-order valence-corrected chi connectivity index (χ2v) is 20.7. The van der Waals surface area contributed by atoms with Crippen LogP contribution in [0.4, 0.5) is 68.2 Å². The van der Waals surface area contributed by atoms with Crippen LogP contribution in [0.2, 0.25) is 0 Å². The third kappa shape index (κ3) is 7.75. The van der Waals surface area contributed by atoms with Crippen LogP contribution in [0.25, 0.3) is 0 Å². The van der Waals surface area contributed by atoms with Crippen LogP contribution in [0.5, 0.6) is 34.8 Å². The van der Waals surface area contributed by atoms with E-state index in [9.17, 15) is 0 Å². The molecule has 11 aromatic carbocycles. The summed E-state index contributed by atoms with van der Waals surface area (Å²) in [6.07, 6.45) is 0. The molecule has 380 valence electrons. The molecule has 4 aliphatic rings. The molecule has 0 unspecified atom stereocenters. The molecular formula is C71H47B2N5O3. The monoisotopic (exact) mass is 1040 g/mol. The van der Waals surface area contributed by atoms with Gasteiger partial charge in [0.25, 0.3) is 13.4 Å². The lowest BCUT2D eigenvalue weighted by Crippen LogP contribution is -2.63. The molecule has 0 amide bonds. The quantitative estimate of drug-likeness (QED) is 0.126. The van der Waals surface area contributed by atoms with E-state index in [-0.39, 0.29) is 13.4 Å². The molecule has 81 heavy (non-hydrogen) atoms. The Morgan fingerprint density at radius 3 is 1.15 bits per heavy atom. The van der Waals surface area contributed by atoms with Crippen molar-refractivity contribution in [1.82, 2.24) is 4.98 Å². The lowest BCUT2D eigenvalue weighted by atomic mass is 9.31. The third-order valence-corrected chi connectivity index (χ3v) is 15.9. The van der Waals surface area contributed by atoms with Gasteiger partial charge in [-0.1, -0.05) is 158 Å². The Hall–Kier alpha value is -10.7. The van der Waals surface area contributed by atoms with Crippen LogP contribution in [0.1, 0.15) is 0 Å². The van der Waals surface area contributed by atoms with Gasteiger partial charge in [0.05, 0.1) is 11.4 Å². The fourth-order valence-electron chi connectivity index (χ4n) is 12.5. The van der Waals surface area contributed by atoms with E-state index in [4.69, 9.17) is 19.2 Å². The maximum absolute atomic E-state index is 7.39. The number of anilines is 12. The van der Waals surface area contributed by atoms with Gasteiger partial charge in [-0.15, -0.1) is 0 Å². The number of benzene rings is 11. The molecule has 0 N–H and O–H groups in total. The Morgan fingerprint density at radius 2 is 0.654 bits per heavy atom. The first kappa shape index (κ1) is 46.4. The Morgan fingerprint density at radius 1 is 0.272 bits per heavy atom. The minimum Gasteiger partial charge on any atom is -0.458 e. The first-order chi connectivity index (χ1) is 40.2. The molecule has 10 heteroatoms. The molecule has 0 fully saturated rings. The maximum atomic E-state index is 7.39. The summed E-state index contributed by atoms with van der Waals surface area (Å²) in [5.41, 5.74) is 18.2. The standard InChI is InChI=1S/C71H47B2N5O3/c1-8-24-48(25-9-1)75(49-26-10-2-11-27-49)55-40-41-58-62(42-55)78(54-36-20-7-21-37-54)63-43-56(76(50-28-12-3-13-29-50)51-30-14-4-15-31-51)44-65-68(63)72(58)60-47-61-71(74-70(60)80-65)81-67-46-57(45-66-69(67)73(61)59-38-22-23-39-64(59)79-66)77(52-32-16-5-17-33-52)53-34-18-6-19-35-53/h1-47H. The molecule has 16 rings (SSSR count). The first-order valence-corrected chi connectivity index (χ1v) is 27.4. The number of pyridine rings is 1. The van der Waals surface area contributed by atoms with Gasteiger partial charge in [0.1, 0.15) is 23.0 Å². The summed E-state index contributed by atoms with van der Waals surface area (Å²) in [5, 5.41) is 0. The molecule has 0 radical (unpaired) electrons. The zero-order chi connectivity index (χ0) is 53.4. The van der Waals surface area contributed by atoms with Crippen LogP contribution >= 0.6 is 0 Å². The number of nitrogens with zero attached hydrogens (tertiary/aromatic N) is 5. The Bertz CT molecular complexity index is 4240. The molecule has 0 bridgehead atoms. The van der Waals surface area contributed by atoms with E-state index in [0.29, 0.717) is 23.3 Å². The minimum atomic E-state index is -0.304. The van der Waals surface area contributed by atoms with Gasteiger partial charge in [-0.3, -0.25) is 0 Å². The summed E-state index contributed by atoms with van der Waals surface area (Å²) in [4.78, 5) is 14.9. The Kier molecular flexibility index (Phi) is 10.9. The highest BCUT2D eigenvalue weighted by atomic mass is 16.5. The van der Waals surface area contributed by atoms with Crippen LogP contribution < -0.4 is 66.6 Å². The van der Waals surface area contributed by atoms with Crippen molar-refractivity contribution in [2.45, 2.75) is 0 Å². The van der Waals surface area contributed by atoms with Crippen LogP contribution in [-0.2, 0) is 0 Å². The molecule has 1 aromatic heterocycles. The van der Waals surface area contributed by atoms with Gasteiger partial charge < -0.3 is 33.8 Å². The van der Waals surface area contributed by atoms with Crippen molar-refractivity contribution in [2.24, 2.45) is 0 Å². The molecule has 0 saturated heterocycles. The van der Waals surface area contributed by atoms with Gasteiger partial charge >= 0.3 is 0 Å². The molecule has 5 heterocycles. The van der Waals surface area contributed by atoms with E-state index >= 15 is 0 Å². The zero-order valence-electron chi connectivity index (χ0n) is 43.8. The van der Waals surface area contributed by atoms with Gasteiger partial charge in [0.2, 0.25) is 11.8 Å². The Labute approximate surface area is 470 Å². The van der Waals surface area contributed by atoms with Crippen molar-refractivity contribution >= 4 is 114 Å². The van der Waals surface area contributed by atoms with E-state index in [1.54, 1.807) is 0 Å². The molecule has 0 saturated carbocycles. The highest BCUT2D eigenvalue weighted by Crippen LogP contribution is 2.48. The lowest BCUT2D eigenvalue weighted by Gasteiger charge is -2.42. The maximum Gasteiger partial charge on any atom is 0.262 e. The third-order valence-electron chi connectivity index (χ3n) is 15.9. The SMILES string of the molecule is c1ccc(N(c2ccccc2)c2cc3c4c(c2)Oc2nc5c(cc2B4c2ccccc2O3)B2c3ccc(N(c4ccccc4)c4ccccc4)cc3N(c3ccccc3)c3cc(N(c4ccccc4)c4ccccc4)cc(c32)O5)cc1. The molecule has 4 aliphatic heterocycles. The summed E-state index contributed by atoms with van der Waals surface area (Å²) in [6.45, 7) is -0.565. The van der Waals surface area contributed by atoms with Crippen LogP contribution in [0.15, 0.2) is 285 Å². The van der Waals surface area contributed by atoms with Crippen molar-refractivity contribution in [3.63, 3.8) is 0 Å². The molecule has 12 aromatic rings. The lowest BCUT2D eigenvalue weighted by molar-refractivity contribution is 0.428. The van der Waals surface area contributed by atoms with Crippen molar-refractivity contribution in [3.05, 3.63) is 285 Å². The van der Waals surface area contributed by atoms with E-state index < -0.39 is 0 Å². The van der Waals surface area contributed by atoms with Crippen molar-refractivity contribution in [2.75, 3.05) is 19.6 Å². The summed E-state index contributed by atoms with van der Waals surface area (Å²) in [6, 6.07) is 100. The van der Waals surface area contributed by atoms with E-state index in [1.165, 1.54) is 0 Å². The van der Waals surface area contributed by atoms with Crippen molar-refractivity contribution in [1.29, 1.82) is 0 Å². The largest absolute Gasteiger partial charge is 0.458 e. The second kappa shape index (κ2) is 19.0. The average molecular weight is 1040 g/mol. The number of aromatic nitrogens is 1. The van der Waals surface area contributed by atoms with Gasteiger partial charge in [-0.2, -0.15) is 4.98 Å². The zero-order valence-corrected chi connectivity index (χ0v) is 43.8. The van der Waals surface area contributed by atoms with E-state index in [1.807, 2.05) is 18.2 Å². The summed E-state index contributed by atoms with van der Waals surface area (Å²) < 4.78 is 21.5. The van der Waals surface area contributed by atoms with Gasteiger partial charge in [-0.25, -0.2) is 0 Å². The number of ether oxygens (including phenoxy) is 3. The van der Waals surface area contributed by atoms with Crippen LogP contribution in [0.3, 0.4) is 0 Å². The predicted octanol–water partition coefficient (Wildman–Crippen LogP) is 14.6. The number of hydrogen-bond acceptors (Lipinski definition) is 8. The fourth-order valence-corrected chi connectivity index (χ4v) is 12.5.